The third kappa shape index (κ3) is 3.52. The first kappa shape index (κ1) is 14.9. The molecule has 0 bridgehead atoms. The van der Waals surface area contributed by atoms with E-state index in [0.29, 0.717) is 5.56 Å². The second-order valence-corrected chi connectivity index (χ2v) is 4.19. The van der Waals surface area contributed by atoms with Crippen molar-refractivity contribution < 1.29 is 24.5 Å². The van der Waals surface area contributed by atoms with Gasteiger partial charge >= 0.3 is 12.1 Å². The van der Waals surface area contributed by atoms with Crippen LogP contribution in [0, 0.1) is 11.3 Å². The van der Waals surface area contributed by atoms with E-state index in [2.05, 4.69) is 5.32 Å². The number of anilines is 1. The number of carboxylic acids is 1. The molecule has 7 nitrogen and oxygen atoms in total. The maximum atomic E-state index is 11.7. The van der Waals surface area contributed by atoms with Crippen LogP contribution in [0.1, 0.15) is 15.9 Å². The average Bonchev–Trinajstić information content (AvgIpc) is 2.49. The zero-order valence-corrected chi connectivity index (χ0v) is 11.1. The van der Waals surface area contributed by atoms with Crippen LogP contribution in [0.4, 0.5) is 10.5 Å². The Hall–Kier alpha value is -3.53. The van der Waals surface area contributed by atoms with E-state index in [1.165, 1.54) is 30.3 Å². The number of nitrogens with zero attached hydrogens (tertiary/aromatic N) is 1. The zero-order chi connectivity index (χ0) is 16.1. The van der Waals surface area contributed by atoms with Gasteiger partial charge in [-0.3, -0.25) is 5.32 Å². The standard InChI is InChI=1S/C15H10N2O5/c16-8-9-1-4-11(5-2-9)22-15(21)17-10-3-6-13(18)12(7-10)14(19)20/h1-7,18H,(H,17,21)(H,19,20). The Bertz CT molecular complexity index is 762. The summed E-state index contributed by atoms with van der Waals surface area (Å²) in [6.45, 7) is 0. The highest BCUT2D eigenvalue weighted by Crippen LogP contribution is 2.22. The molecule has 0 aliphatic carbocycles. The highest BCUT2D eigenvalue weighted by Gasteiger charge is 2.12. The number of hydrogen-bond acceptors (Lipinski definition) is 5. The summed E-state index contributed by atoms with van der Waals surface area (Å²) in [6, 6.07) is 11.4. The lowest BCUT2D eigenvalue weighted by molar-refractivity contribution is 0.0693. The molecule has 7 heteroatoms. The molecule has 0 fully saturated rings. The zero-order valence-electron chi connectivity index (χ0n) is 11.1. The molecule has 2 rings (SSSR count). The molecule has 0 spiro atoms. The fourth-order valence-corrected chi connectivity index (χ4v) is 1.63. The fraction of sp³-hybridized carbons (Fsp3) is 0. The first-order valence-electron chi connectivity index (χ1n) is 6.05. The molecule has 3 N–H and O–H groups in total. The van der Waals surface area contributed by atoms with Gasteiger partial charge in [0.25, 0.3) is 0 Å². The third-order valence-electron chi connectivity index (χ3n) is 2.67. The summed E-state index contributed by atoms with van der Waals surface area (Å²) in [5, 5.41) is 29.3. The second kappa shape index (κ2) is 6.28. The minimum Gasteiger partial charge on any atom is -0.507 e. The van der Waals surface area contributed by atoms with E-state index in [1.54, 1.807) is 0 Å². The predicted molar refractivity (Wildman–Crippen MR) is 75.9 cm³/mol. The second-order valence-electron chi connectivity index (χ2n) is 4.19. The molecular formula is C15H10N2O5. The molecule has 0 saturated carbocycles. The highest BCUT2D eigenvalue weighted by atomic mass is 16.6. The summed E-state index contributed by atoms with van der Waals surface area (Å²) < 4.78 is 4.98. The van der Waals surface area contributed by atoms with Gasteiger partial charge in [-0.25, -0.2) is 9.59 Å². The largest absolute Gasteiger partial charge is 0.507 e. The van der Waals surface area contributed by atoms with Crippen molar-refractivity contribution in [2.75, 3.05) is 5.32 Å². The minimum absolute atomic E-state index is 0.161. The van der Waals surface area contributed by atoms with E-state index < -0.39 is 17.8 Å². The number of benzene rings is 2. The number of amides is 1. The van der Waals surface area contributed by atoms with Crippen molar-refractivity contribution >= 4 is 17.7 Å². The summed E-state index contributed by atoms with van der Waals surface area (Å²) in [5.74, 6) is -1.49. The smallest absolute Gasteiger partial charge is 0.417 e. The lowest BCUT2D eigenvalue weighted by atomic mass is 10.2. The average molecular weight is 298 g/mol. The molecule has 0 aliphatic rings. The van der Waals surface area contributed by atoms with E-state index in [4.69, 9.17) is 15.1 Å². The molecule has 110 valence electrons. The van der Waals surface area contributed by atoms with Crippen molar-refractivity contribution in [2.24, 2.45) is 0 Å². The number of aromatic carboxylic acids is 1. The molecule has 0 saturated heterocycles. The molecule has 2 aromatic rings. The van der Waals surface area contributed by atoms with Gasteiger partial charge in [0.2, 0.25) is 0 Å². The van der Waals surface area contributed by atoms with Crippen molar-refractivity contribution in [3.05, 3.63) is 53.6 Å². The van der Waals surface area contributed by atoms with Crippen molar-refractivity contribution in [1.29, 1.82) is 5.26 Å². The van der Waals surface area contributed by atoms with Crippen LogP contribution < -0.4 is 10.1 Å². The van der Waals surface area contributed by atoms with E-state index in [0.717, 1.165) is 12.1 Å². The molecular weight excluding hydrogens is 288 g/mol. The Morgan fingerprint density at radius 2 is 1.82 bits per heavy atom. The highest BCUT2D eigenvalue weighted by molar-refractivity contribution is 5.94. The number of carboxylic acid groups (broad SMARTS) is 1. The number of carbonyl (C=O) groups excluding carboxylic acids is 1. The number of phenols is 1. The van der Waals surface area contributed by atoms with Crippen LogP contribution in [0.2, 0.25) is 0 Å². The first-order chi connectivity index (χ1) is 10.5. The summed E-state index contributed by atoms with van der Waals surface area (Å²) in [6.07, 6.45) is -0.827. The van der Waals surface area contributed by atoms with Crippen LogP contribution in [0.5, 0.6) is 11.5 Å². The quantitative estimate of drug-likeness (QED) is 0.749. The molecule has 0 unspecified atom stereocenters. The third-order valence-corrected chi connectivity index (χ3v) is 2.67. The van der Waals surface area contributed by atoms with Crippen LogP contribution >= 0.6 is 0 Å². The molecule has 2 aromatic carbocycles. The molecule has 0 aromatic heterocycles. The van der Waals surface area contributed by atoms with Crippen molar-refractivity contribution in [3.63, 3.8) is 0 Å². The lowest BCUT2D eigenvalue weighted by Gasteiger charge is -2.08. The molecule has 0 radical (unpaired) electrons. The van der Waals surface area contributed by atoms with E-state index in [9.17, 15) is 14.7 Å². The van der Waals surface area contributed by atoms with Gasteiger partial charge in [0, 0.05) is 5.69 Å². The van der Waals surface area contributed by atoms with Gasteiger partial charge in [-0.1, -0.05) is 0 Å². The number of ether oxygens (including phenoxy) is 1. The summed E-state index contributed by atoms with van der Waals surface area (Å²) in [5.41, 5.74) is 0.252. The summed E-state index contributed by atoms with van der Waals surface area (Å²) in [7, 11) is 0. The topological polar surface area (TPSA) is 120 Å². The van der Waals surface area contributed by atoms with E-state index >= 15 is 0 Å². The monoisotopic (exact) mass is 298 g/mol. The van der Waals surface area contributed by atoms with Gasteiger partial charge in [0.1, 0.15) is 17.1 Å². The van der Waals surface area contributed by atoms with Crippen molar-refractivity contribution in [2.45, 2.75) is 0 Å². The van der Waals surface area contributed by atoms with Crippen LogP contribution in [-0.2, 0) is 0 Å². The number of nitrogens with one attached hydrogen (secondary N) is 1. The van der Waals surface area contributed by atoms with Crippen LogP contribution in [0.15, 0.2) is 42.5 Å². The maximum Gasteiger partial charge on any atom is 0.417 e. The van der Waals surface area contributed by atoms with Gasteiger partial charge in [0.15, 0.2) is 0 Å². The molecule has 1 amide bonds. The Kier molecular flexibility index (Phi) is 4.24. The number of nitriles is 1. The van der Waals surface area contributed by atoms with Gasteiger partial charge < -0.3 is 14.9 Å². The Balaban J connectivity index is 2.07. The van der Waals surface area contributed by atoms with Crippen LogP contribution in [0.3, 0.4) is 0 Å². The summed E-state index contributed by atoms with van der Waals surface area (Å²) >= 11 is 0. The molecule has 22 heavy (non-hydrogen) atoms. The fourth-order valence-electron chi connectivity index (χ4n) is 1.63. The predicted octanol–water partition coefficient (Wildman–Crippen LogP) is 2.57. The van der Waals surface area contributed by atoms with Crippen LogP contribution in [0.25, 0.3) is 0 Å². The van der Waals surface area contributed by atoms with Crippen molar-refractivity contribution in [1.82, 2.24) is 0 Å². The van der Waals surface area contributed by atoms with Crippen molar-refractivity contribution in [3.8, 4) is 17.6 Å². The normalized spacial score (nSPS) is 9.59. The van der Waals surface area contributed by atoms with Crippen LogP contribution in [-0.4, -0.2) is 22.3 Å². The summed E-state index contributed by atoms with van der Waals surface area (Å²) in [4.78, 5) is 22.6. The molecule has 0 heterocycles. The maximum absolute atomic E-state index is 11.7. The van der Waals surface area contributed by atoms with Gasteiger partial charge in [-0.05, 0) is 42.5 Å². The Morgan fingerprint density at radius 3 is 2.41 bits per heavy atom. The molecule has 0 aliphatic heterocycles. The lowest BCUT2D eigenvalue weighted by Crippen LogP contribution is -2.17. The molecule has 0 atom stereocenters. The van der Waals surface area contributed by atoms with Gasteiger partial charge in [-0.2, -0.15) is 5.26 Å². The number of rotatable bonds is 3. The van der Waals surface area contributed by atoms with E-state index in [-0.39, 0.29) is 17.0 Å². The number of hydrogen-bond donors (Lipinski definition) is 3. The minimum atomic E-state index is -1.32. The number of carbonyl (C=O) groups is 2. The van der Waals surface area contributed by atoms with Gasteiger partial charge in [-0.15, -0.1) is 0 Å². The number of aromatic hydroxyl groups is 1. The SMILES string of the molecule is N#Cc1ccc(OC(=O)Nc2ccc(O)c(C(=O)O)c2)cc1. The van der Waals surface area contributed by atoms with Gasteiger partial charge in [0.05, 0.1) is 11.6 Å². The Labute approximate surface area is 125 Å². The Morgan fingerprint density at radius 1 is 1.14 bits per heavy atom. The first-order valence-corrected chi connectivity index (χ1v) is 6.05. The van der Waals surface area contributed by atoms with E-state index in [1.807, 2.05) is 6.07 Å².